The highest BCUT2D eigenvalue weighted by Gasteiger charge is 2.02. The second-order valence-corrected chi connectivity index (χ2v) is 2.45. The number of aromatic amines is 1. The van der Waals surface area contributed by atoms with Crippen molar-refractivity contribution in [2.45, 2.75) is 6.37 Å². The zero-order chi connectivity index (χ0) is 22.9. The first-order valence-corrected chi connectivity index (χ1v) is 3.67. The molecule has 2 heteroatoms. The summed E-state index contributed by atoms with van der Waals surface area (Å²) in [6, 6.07) is -2.87. The lowest BCUT2D eigenvalue weighted by atomic mass is 10.1. The van der Waals surface area contributed by atoms with Crippen molar-refractivity contribution in [3.05, 3.63) is 35.9 Å². The molecule has 0 fully saturated rings. The summed E-state index contributed by atoms with van der Waals surface area (Å²) >= 11 is 0. The number of likely N-dealkylation sites (N-methyl/N-ethyl adjacent to an activating group) is 1. The fourth-order valence-electron chi connectivity index (χ4n) is 0.987. The summed E-state index contributed by atoms with van der Waals surface area (Å²) in [5.74, 6) is 0. The number of aromatic nitrogens is 1. The third-order valence-electron chi connectivity index (χ3n) is 1.54. The van der Waals surface area contributed by atoms with E-state index in [1.54, 1.807) is 0 Å². The molecule has 0 atom stereocenters. The molecule has 0 aliphatic heterocycles. The molecular weight excluding hydrogens is 172 g/mol. The summed E-state index contributed by atoms with van der Waals surface area (Å²) in [7, 11) is 0. The van der Waals surface area contributed by atoms with Gasteiger partial charge in [0.1, 0.15) is 0 Å². The lowest BCUT2D eigenvalue weighted by Gasteiger charge is -2.07. The first kappa shape index (κ1) is 2.12. The van der Waals surface area contributed by atoms with Crippen molar-refractivity contribution in [2.75, 3.05) is 20.4 Å². The number of hydrogen-bond acceptors (Lipinski definition) is 1. The molecule has 0 spiro atoms. The molecule has 2 aromatic rings. The summed E-state index contributed by atoms with van der Waals surface area (Å²) in [4.78, 5) is 1.65. The van der Waals surface area contributed by atoms with E-state index in [9.17, 15) is 0 Å². The Morgan fingerprint density at radius 2 is 2.36 bits per heavy atom. The van der Waals surface area contributed by atoms with Gasteiger partial charge in [0.25, 0.3) is 0 Å². The SMILES string of the molecule is [2H]c1[nH]c2c([2H])c([2H])c([2H])c([2H])c2c1C([2H])([2H])C([2H])([2H])N(C([2H])([2H])[2H])C([2H])([2H])[2H]. The van der Waals surface area contributed by atoms with E-state index in [-0.39, 0.29) is 5.52 Å². The standard InChI is InChI=1S/C12H16N2/c1-14(2)8-7-10-9-13-12-6-4-3-5-11(10)12/h3-6,9,13H,7-8H2,1-2H3/i1D3,2D3,3D,4D,5D,6D,7D2,8D2,9D. The van der Waals surface area contributed by atoms with E-state index in [0.29, 0.717) is 0 Å². The molecule has 1 aromatic heterocycles. The maximum absolute atomic E-state index is 8.25. The van der Waals surface area contributed by atoms with Crippen LogP contribution >= 0.6 is 0 Å². The summed E-state index contributed by atoms with van der Waals surface area (Å²) in [5, 5.41) is -0.564. The highest BCUT2D eigenvalue weighted by molar-refractivity contribution is 5.83. The van der Waals surface area contributed by atoms with Gasteiger partial charge in [0.05, 0.1) is 6.85 Å². The van der Waals surface area contributed by atoms with Crippen LogP contribution < -0.4 is 0 Å². The number of nitrogens with zero attached hydrogens (tertiary/aromatic N) is 1. The van der Waals surface area contributed by atoms with E-state index in [1.165, 1.54) is 0 Å². The van der Waals surface area contributed by atoms with Gasteiger partial charge in [0.2, 0.25) is 0 Å². The average Bonchev–Trinajstić information content (AvgIpc) is 2.85. The molecule has 2 nitrogen and oxygen atoms in total. The number of nitrogens with one attached hydrogen (secondary N) is 1. The number of para-hydroxylation sites is 1. The Kier molecular flexibility index (Phi) is 0.582. The van der Waals surface area contributed by atoms with Gasteiger partial charge in [-0.25, -0.2) is 0 Å². The molecule has 0 saturated carbocycles. The van der Waals surface area contributed by atoms with Crippen LogP contribution in [0.4, 0.5) is 0 Å². The van der Waals surface area contributed by atoms with Gasteiger partial charge < -0.3 is 9.88 Å². The highest BCUT2D eigenvalue weighted by Crippen LogP contribution is 2.17. The maximum Gasteiger partial charge on any atom is 0.0819 e. The van der Waals surface area contributed by atoms with Gasteiger partial charge in [-0.3, -0.25) is 0 Å². The predicted octanol–water partition coefficient (Wildman–Crippen LogP) is 2.27. The van der Waals surface area contributed by atoms with Crippen LogP contribution in [-0.2, 0) is 6.37 Å². The smallest absolute Gasteiger partial charge is 0.0819 e. The van der Waals surface area contributed by atoms with Crippen molar-refractivity contribution in [3.63, 3.8) is 0 Å². The molecule has 1 N–H and O–H groups in total. The number of fused-ring (bicyclic) bond motifs is 1. The summed E-state index contributed by atoms with van der Waals surface area (Å²) < 4.78 is 116. The quantitative estimate of drug-likeness (QED) is 0.811. The minimum atomic E-state index is -3.73. The lowest BCUT2D eigenvalue weighted by molar-refractivity contribution is 0.414. The second-order valence-electron chi connectivity index (χ2n) is 2.45. The molecule has 0 aliphatic carbocycles. The molecule has 0 saturated heterocycles. The Hall–Kier alpha value is -1.28. The van der Waals surface area contributed by atoms with E-state index < -0.39 is 73.0 Å². The Labute approximate surface area is 106 Å². The van der Waals surface area contributed by atoms with Crippen LogP contribution in [0.15, 0.2) is 30.3 Å². The van der Waals surface area contributed by atoms with E-state index in [1.807, 2.05) is 0 Å². The summed E-state index contributed by atoms with van der Waals surface area (Å²) in [5.41, 5.74) is -1.30. The predicted molar refractivity (Wildman–Crippen MR) is 60.6 cm³/mol. The van der Waals surface area contributed by atoms with Crippen molar-refractivity contribution < 1.29 is 20.6 Å². The molecule has 0 aliphatic rings. The van der Waals surface area contributed by atoms with Gasteiger partial charge in [0, 0.05) is 37.3 Å². The van der Waals surface area contributed by atoms with Crippen LogP contribution in [0.3, 0.4) is 0 Å². The van der Waals surface area contributed by atoms with Gasteiger partial charge in [-0.2, -0.15) is 0 Å². The zero-order valence-corrected chi connectivity index (χ0v) is 6.95. The molecule has 0 amide bonds. The van der Waals surface area contributed by atoms with Crippen molar-refractivity contribution in [3.8, 4) is 0 Å². The van der Waals surface area contributed by atoms with Gasteiger partial charge in [0.15, 0.2) is 0 Å². The molecule has 14 heavy (non-hydrogen) atoms. The number of hydrogen-bond donors (Lipinski definition) is 1. The normalized spacial score (nSPS) is 30.8. The lowest BCUT2D eigenvalue weighted by Crippen LogP contribution is -2.14. The van der Waals surface area contributed by atoms with Crippen molar-refractivity contribution in [1.82, 2.24) is 9.88 Å². The van der Waals surface area contributed by atoms with Gasteiger partial charge in [-0.1, -0.05) is 18.1 Å². The number of H-pyrrole nitrogens is 1. The van der Waals surface area contributed by atoms with Crippen LogP contribution in [-0.4, -0.2) is 30.3 Å². The van der Waals surface area contributed by atoms with Crippen molar-refractivity contribution in [2.24, 2.45) is 0 Å². The Morgan fingerprint density at radius 3 is 3.21 bits per heavy atom. The highest BCUT2D eigenvalue weighted by atomic mass is 15.0. The first-order valence-electron chi connectivity index (χ1n) is 11.2. The average molecular weight is 203 g/mol. The van der Waals surface area contributed by atoms with Crippen LogP contribution in [0, 0.1) is 0 Å². The topological polar surface area (TPSA) is 19.0 Å². The fourth-order valence-corrected chi connectivity index (χ4v) is 0.987. The summed E-state index contributed by atoms with van der Waals surface area (Å²) in [6.07, 6.45) is -4.32. The van der Waals surface area contributed by atoms with E-state index in [2.05, 4.69) is 4.98 Å². The van der Waals surface area contributed by atoms with Gasteiger partial charge in [-0.15, -0.1) is 0 Å². The van der Waals surface area contributed by atoms with Crippen molar-refractivity contribution in [1.29, 1.82) is 0 Å². The molecular formula is C12H16N2. The molecule has 0 bridgehead atoms. The molecule has 0 radical (unpaired) electrons. The van der Waals surface area contributed by atoms with E-state index in [4.69, 9.17) is 20.6 Å². The van der Waals surface area contributed by atoms with Crippen molar-refractivity contribution >= 4 is 10.9 Å². The molecule has 1 aromatic carbocycles. The third kappa shape index (κ3) is 1.80. The van der Waals surface area contributed by atoms with E-state index in [0.717, 1.165) is 0 Å². The minimum Gasteiger partial charge on any atom is -0.361 e. The van der Waals surface area contributed by atoms with E-state index >= 15 is 0 Å². The Morgan fingerprint density at radius 1 is 1.50 bits per heavy atom. The van der Waals surface area contributed by atoms with Crippen LogP contribution in [0.5, 0.6) is 0 Å². The fraction of sp³-hybridized carbons (Fsp3) is 0.333. The molecule has 2 rings (SSSR count). The number of benzene rings is 1. The van der Waals surface area contributed by atoms with Gasteiger partial charge >= 0.3 is 0 Å². The first-order chi connectivity index (χ1) is 12.8. The Bertz CT molecular complexity index is 937. The molecule has 0 unspecified atom stereocenters. The monoisotopic (exact) mass is 203 g/mol. The van der Waals surface area contributed by atoms with Crippen LogP contribution in [0.25, 0.3) is 10.9 Å². The molecule has 1 heterocycles. The second kappa shape index (κ2) is 3.84. The largest absolute Gasteiger partial charge is 0.361 e. The number of aryl methyl sites for hydroxylation is 1. The third-order valence-corrected chi connectivity index (χ3v) is 1.54. The minimum absolute atomic E-state index is 0.384. The van der Waals surface area contributed by atoms with Gasteiger partial charge in [-0.05, 0) is 31.9 Å². The van der Waals surface area contributed by atoms with Crippen LogP contribution in [0.1, 0.15) is 26.1 Å². The molecule has 74 valence electrons. The summed E-state index contributed by atoms with van der Waals surface area (Å²) in [6.45, 7) is -10.9. The zero-order valence-electron chi connectivity index (χ0n) is 21.9. The number of rotatable bonds is 3. The maximum atomic E-state index is 8.25. The van der Waals surface area contributed by atoms with Crippen LogP contribution in [0.2, 0.25) is 0 Å². The Balaban J connectivity index is 2.92.